The van der Waals surface area contributed by atoms with Crippen molar-refractivity contribution in [3.63, 3.8) is 0 Å². The first-order valence-electron chi connectivity index (χ1n) is 12.5. The summed E-state index contributed by atoms with van der Waals surface area (Å²) >= 11 is 0. The smallest absolute Gasteiger partial charge is 0.337 e. The van der Waals surface area contributed by atoms with Gasteiger partial charge in [-0.15, -0.1) is 10.2 Å². The van der Waals surface area contributed by atoms with Crippen LogP contribution in [0.15, 0.2) is 71.8 Å². The molecule has 0 fully saturated rings. The fourth-order valence-electron chi connectivity index (χ4n) is 4.57. The summed E-state index contributed by atoms with van der Waals surface area (Å²) in [6.07, 6.45) is 5.94. The second-order valence-corrected chi connectivity index (χ2v) is 8.94. The van der Waals surface area contributed by atoms with Crippen LogP contribution in [0.25, 0.3) is 28.2 Å². The maximum atomic E-state index is 13.7. The molecule has 0 radical (unpaired) electrons. The van der Waals surface area contributed by atoms with Crippen LogP contribution >= 0.6 is 0 Å². The molecule has 5 rings (SSSR count). The summed E-state index contributed by atoms with van der Waals surface area (Å²) in [5.41, 5.74) is 3.90. The summed E-state index contributed by atoms with van der Waals surface area (Å²) < 4.78 is 8.43. The molecule has 198 valence electrons. The zero-order chi connectivity index (χ0) is 27.4. The number of nitrogens with one attached hydrogen (secondary N) is 1. The van der Waals surface area contributed by atoms with E-state index in [9.17, 15) is 14.7 Å². The van der Waals surface area contributed by atoms with Crippen molar-refractivity contribution in [3.8, 4) is 34.0 Å². The van der Waals surface area contributed by atoms with Crippen molar-refractivity contribution in [2.45, 2.75) is 32.7 Å². The molecule has 3 heterocycles. The lowest BCUT2D eigenvalue weighted by atomic mass is 10.0. The minimum atomic E-state index is -1.14. The number of aryl methyl sites for hydroxylation is 1. The third-order valence-electron chi connectivity index (χ3n) is 6.51. The second-order valence-electron chi connectivity index (χ2n) is 8.94. The highest BCUT2D eigenvalue weighted by Crippen LogP contribution is 2.30. The summed E-state index contributed by atoms with van der Waals surface area (Å²) in [6, 6.07) is 16.2. The van der Waals surface area contributed by atoms with E-state index in [4.69, 9.17) is 4.74 Å². The van der Waals surface area contributed by atoms with Gasteiger partial charge < -0.3 is 9.84 Å². The summed E-state index contributed by atoms with van der Waals surface area (Å²) in [5, 5.41) is 24.1. The summed E-state index contributed by atoms with van der Waals surface area (Å²) in [7, 11) is 1.45. The number of hydrogen-bond donors (Lipinski definition) is 2. The molecule has 0 spiro atoms. The van der Waals surface area contributed by atoms with Crippen LogP contribution in [0.5, 0.6) is 5.75 Å². The van der Waals surface area contributed by atoms with E-state index < -0.39 is 5.97 Å². The Morgan fingerprint density at radius 2 is 1.90 bits per heavy atom. The zero-order valence-corrected chi connectivity index (χ0v) is 21.5. The molecular formula is C28H27N7O4. The van der Waals surface area contributed by atoms with E-state index in [0.717, 1.165) is 35.2 Å². The number of benzene rings is 2. The summed E-state index contributed by atoms with van der Waals surface area (Å²) in [4.78, 5) is 30.3. The average molecular weight is 526 g/mol. The van der Waals surface area contributed by atoms with Gasteiger partial charge in [-0.25, -0.2) is 9.59 Å². The van der Waals surface area contributed by atoms with Gasteiger partial charge in [0.2, 0.25) is 5.82 Å². The third kappa shape index (κ3) is 5.06. The molecule has 2 aromatic carbocycles. The summed E-state index contributed by atoms with van der Waals surface area (Å²) in [6.45, 7) is 2.31. The number of carboxylic acid groups (broad SMARTS) is 1. The van der Waals surface area contributed by atoms with Gasteiger partial charge >= 0.3 is 11.7 Å². The number of carboxylic acids is 1. The number of pyridine rings is 1. The van der Waals surface area contributed by atoms with Crippen LogP contribution in [0, 0.1) is 0 Å². The van der Waals surface area contributed by atoms with Crippen molar-refractivity contribution in [2.24, 2.45) is 0 Å². The van der Waals surface area contributed by atoms with Crippen LogP contribution in [0.3, 0.4) is 0 Å². The number of carbonyl (C=O) groups is 1. The Labute approximate surface area is 223 Å². The molecule has 0 atom stereocenters. The Hall–Kier alpha value is -5.06. The maximum Gasteiger partial charge on any atom is 0.337 e. The number of para-hydroxylation sites is 1. The number of aromatic nitrogens is 7. The van der Waals surface area contributed by atoms with Crippen LogP contribution in [0.4, 0.5) is 0 Å². The first kappa shape index (κ1) is 25.6. The number of methoxy groups -OCH3 is 1. The lowest BCUT2D eigenvalue weighted by Gasteiger charge is -2.11. The van der Waals surface area contributed by atoms with Gasteiger partial charge in [0, 0.05) is 29.2 Å². The van der Waals surface area contributed by atoms with Gasteiger partial charge in [-0.05, 0) is 41.8 Å². The van der Waals surface area contributed by atoms with E-state index in [0.29, 0.717) is 23.7 Å². The number of tetrazole rings is 1. The van der Waals surface area contributed by atoms with Crippen LogP contribution in [-0.2, 0) is 13.0 Å². The molecule has 11 heteroatoms. The predicted octanol–water partition coefficient (Wildman–Crippen LogP) is 3.98. The Bertz CT molecular complexity index is 1650. The SMILES string of the molecule is CCCCc1cn(-c2c(OC)cccc2C(=O)O)c(=O)n1Cc1ccc(-c2ccccc2-c2nn[nH]n2)cn1. The van der Waals surface area contributed by atoms with Crippen molar-refractivity contribution < 1.29 is 14.6 Å². The number of aromatic carboxylic acids is 1. The minimum absolute atomic E-state index is 0.0154. The Balaban J connectivity index is 1.53. The molecule has 0 saturated heterocycles. The van der Waals surface area contributed by atoms with Gasteiger partial charge in [0.25, 0.3) is 0 Å². The first-order chi connectivity index (χ1) is 19.0. The van der Waals surface area contributed by atoms with Crippen molar-refractivity contribution in [1.82, 2.24) is 34.7 Å². The highest BCUT2D eigenvalue weighted by molar-refractivity contribution is 5.93. The average Bonchev–Trinajstić information content (AvgIpc) is 3.61. The second kappa shape index (κ2) is 11.1. The Kier molecular flexibility index (Phi) is 7.30. The van der Waals surface area contributed by atoms with Crippen molar-refractivity contribution in [2.75, 3.05) is 7.11 Å². The normalized spacial score (nSPS) is 11.0. The monoisotopic (exact) mass is 525 g/mol. The van der Waals surface area contributed by atoms with E-state index >= 15 is 0 Å². The summed E-state index contributed by atoms with van der Waals surface area (Å²) in [5.74, 6) is -0.351. The first-order valence-corrected chi connectivity index (χ1v) is 12.5. The lowest BCUT2D eigenvalue weighted by molar-refractivity contribution is 0.0696. The van der Waals surface area contributed by atoms with Gasteiger partial charge in [0.05, 0.1) is 24.9 Å². The van der Waals surface area contributed by atoms with Crippen molar-refractivity contribution in [1.29, 1.82) is 0 Å². The number of H-pyrrole nitrogens is 1. The number of unbranched alkanes of at least 4 members (excludes halogenated alkanes) is 1. The fraction of sp³-hybridized carbons (Fsp3) is 0.214. The molecule has 0 aliphatic heterocycles. The molecule has 5 aromatic rings. The van der Waals surface area contributed by atoms with Crippen molar-refractivity contribution >= 4 is 5.97 Å². The molecule has 0 bridgehead atoms. The number of ether oxygens (including phenoxy) is 1. The number of nitrogens with zero attached hydrogens (tertiary/aromatic N) is 6. The van der Waals surface area contributed by atoms with E-state index in [2.05, 4.69) is 32.5 Å². The molecule has 39 heavy (non-hydrogen) atoms. The van der Waals surface area contributed by atoms with Gasteiger partial charge in [0.1, 0.15) is 11.4 Å². The van der Waals surface area contributed by atoms with E-state index in [1.807, 2.05) is 36.4 Å². The Morgan fingerprint density at radius 3 is 2.56 bits per heavy atom. The number of hydrogen-bond acceptors (Lipinski definition) is 7. The van der Waals surface area contributed by atoms with E-state index in [1.165, 1.54) is 17.7 Å². The molecule has 0 aliphatic rings. The van der Waals surface area contributed by atoms with Crippen LogP contribution in [0.1, 0.15) is 41.5 Å². The lowest BCUT2D eigenvalue weighted by Crippen LogP contribution is -2.26. The molecule has 3 aromatic heterocycles. The van der Waals surface area contributed by atoms with Gasteiger partial charge in [0.15, 0.2) is 0 Å². The predicted molar refractivity (Wildman–Crippen MR) is 144 cm³/mol. The zero-order valence-electron chi connectivity index (χ0n) is 21.5. The number of imidazole rings is 1. The topological polar surface area (TPSA) is 141 Å². The molecule has 11 nitrogen and oxygen atoms in total. The molecular weight excluding hydrogens is 498 g/mol. The standard InChI is InChI=1S/C28H27N7O4/c1-3-4-8-20-17-35(25-23(27(36)37)11-7-12-24(25)39-2)28(38)34(20)16-19-14-13-18(15-29-19)21-9-5-6-10-22(21)26-30-32-33-31-26/h5-7,9-15,17H,3-4,8,16H2,1-2H3,(H,36,37)(H,30,31,32,33). The molecule has 0 unspecified atom stereocenters. The number of rotatable bonds is 10. The molecule has 0 saturated carbocycles. The van der Waals surface area contributed by atoms with Gasteiger partial charge in [-0.1, -0.05) is 49.7 Å². The largest absolute Gasteiger partial charge is 0.495 e. The van der Waals surface area contributed by atoms with E-state index in [-0.39, 0.29) is 23.5 Å². The molecule has 0 amide bonds. The van der Waals surface area contributed by atoms with E-state index in [1.54, 1.807) is 29.1 Å². The third-order valence-corrected chi connectivity index (χ3v) is 6.51. The van der Waals surface area contributed by atoms with Crippen molar-refractivity contribution in [3.05, 3.63) is 94.4 Å². The van der Waals surface area contributed by atoms with Crippen LogP contribution in [0.2, 0.25) is 0 Å². The fourth-order valence-corrected chi connectivity index (χ4v) is 4.57. The van der Waals surface area contributed by atoms with Crippen LogP contribution in [-0.4, -0.2) is 52.9 Å². The highest BCUT2D eigenvalue weighted by Gasteiger charge is 2.22. The quantitative estimate of drug-likeness (QED) is 0.279. The number of aromatic amines is 1. The van der Waals surface area contributed by atoms with Gasteiger partial charge in [-0.3, -0.25) is 14.1 Å². The maximum absolute atomic E-state index is 13.7. The van der Waals surface area contributed by atoms with Gasteiger partial charge in [-0.2, -0.15) is 5.21 Å². The van der Waals surface area contributed by atoms with Crippen LogP contribution < -0.4 is 10.4 Å². The minimum Gasteiger partial charge on any atom is -0.495 e. The Morgan fingerprint density at radius 1 is 1.08 bits per heavy atom. The highest BCUT2D eigenvalue weighted by atomic mass is 16.5. The molecule has 2 N–H and O–H groups in total. The molecule has 0 aliphatic carbocycles.